The van der Waals surface area contributed by atoms with Crippen LogP contribution < -0.4 is 5.32 Å². The summed E-state index contributed by atoms with van der Waals surface area (Å²) in [5, 5.41) is 9.98. The summed E-state index contributed by atoms with van der Waals surface area (Å²) in [6.45, 7) is 2.12. The molecule has 1 heterocycles. The van der Waals surface area contributed by atoms with Crippen molar-refractivity contribution in [1.82, 2.24) is 5.32 Å². The molecular weight excluding hydrogens is 311 g/mol. The molecule has 19 heavy (non-hydrogen) atoms. The van der Waals surface area contributed by atoms with Crippen molar-refractivity contribution in [3.05, 3.63) is 35.4 Å². The molecule has 1 fully saturated rings. The van der Waals surface area contributed by atoms with Crippen LogP contribution >= 0.6 is 0 Å². The Labute approximate surface area is 117 Å². The van der Waals surface area contributed by atoms with E-state index in [-0.39, 0.29) is 31.6 Å². The van der Waals surface area contributed by atoms with Gasteiger partial charge in [0.1, 0.15) is 0 Å². The number of hydrogen-bond donors (Lipinski definition) is 2. The Kier molecular flexibility index (Phi) is 4.35. The number of rotatable bonds is 4. The third-order valence-electron chi connectivity index (χ3n) is 2.68. The van der Waals surface area contributed by atoms with Gasteiger partial charge in [0, 0.05) is 0 Å². The van der Waals surface area contributed by atoms with Crippen LogP contribution in [-0.4, -0.2) is 38.2 Å². The third-order valence-corrected chi connectivity index (χ3v) is 4.78. The summed E-state index contributed by atoms with van der Waals surface area (Å²) < 4.78 is 5.24. The zero-order chi connectivity index (χ0) is 13.8. The zero-order valence-electron chi connectivity index (χ0n) is 10.4. The number of ether oxygens (including phenoxy) is 1. The van der Waals surface area contributed by atoms with Crippen molar-refractivity contribution in [2.75, 3.05) is 6.61 Å². The van der Waals surface area contributed by atoms with E-state index in [1.807, 2.05) is 12.1 Å². The Morgan fingerprint density at radius 2 is 2.11 bits per heavy atom. The first kappa shape index (κ1) is 13.8. The molecule has 6 heteroatoms. The fourth-order valence-electron chi connectivity index (χ4n) is 1.76. The van der Waals surface area contributed by atoms with E-state index in [2.05, 4.69) is 5.32 Å². The topological polar surface area (TPSA) is 79.2 Å². The van der Waals surface area contributed by atoms with E-state index in [0.717, 1.165) is 5.56 Å². The molecule has 0 spiro atoms. The predicted molar refractivity (Wildman–Crippen MR) is 71.5 cm³/mol. The molecule has 2 N–H and O–H groups in total. The van der Waals surface area contributed by atoms with Gasteiger partial charge < -0.3 is 0 Å². The number of amidine groups is 1. The van der Waals surface area contributed by atoms with Gasteiger partial charge in [0.25, 0.3) is 0 Å². The van der Waals surface area contributed by atoms with Crippen LogP contribution in [0.15, 0.2) is 24.3 Å². The Balaban J connectivity index is 2.01. The molecule has 1 aromatic rings. The van der Waals surface area contributed by atoms with E-state index in [1.165, 1.54) is 0 Å². The van der Waals surface area contributed by atoms with Gasteiger partial charge in [0.05, 0.1) is 0 Å². The number of amides is 1. The van der Waals surface area contributed by atoms with Crippen molar-refractivity contribution in [1.29, 1.82) is 5.41 Å². The monoisotopic (exact) mass is 326 g/mol. The Bertz CT molecular complexity index is 513. The normalized spacial score (nSPS) is 18.3. The maximum absolute atomic E-state index is 11.5. The molecule has 0 bridgehead atoms. The minimum atomic E-state index is -0.335. The molecule has 1 aliphatic heterocycles. The molecule has 2 rings (SSSR count). The van der Waals surface area contributed by atoms with Gasteiger partial charge in [-0.05, 0) is 0 Å². The summed E-state index contributed by atoms with van der Waals surface area (Å²) in [5.74, 6) is -0.405. The average Bonchev–Trinajstić information content (AvgIpc) is 2.69. The van der Waals surface area contributed by atoms with Crippen LogP contribution in [-0.2, 0) is 16.0 Å². The van der Waals surface area contributed by atoms with Crippen molar-refractivity contribution < 1.29 is 14.3 Å². The molecule has 1 aliphatic rings. The standard InChI is InChI=1S/C13H14N2O3Se/c1-2-18-12(17)9-5-3-8(4-6-9)7-10-11(16)15-13(14)19-10/h3-6,10H,2,7H2,1H3,(H2,14,15,16). The second kappa shape index (κ2) is 5.99. The first-order chi connectivity index (χ1) is 9.10. The molecule has 100 valence electrons. The molecule has 1 aromatic carbocycles. The first-order valence-electron chi connectivity index (χ1n) is 5.92. The van der Waals surface area contributed by atoms with Crippen LogP contribution in [0.4, 0.5) is 0 Å². The molecule has 5 nitrogen and oxygen atoms in total. The van der Waals surface area contributed by atoms with E-state index >= 15 is 0 Å². The molecular formula is C13H14N2O3Se. The fraction of sp³-hybridized carbons (Fsp3) is 0.308. The van der Waals surface area contributed by atoms with Gasteiger partial charge in [-0.15, -0.1) is 0 Å². The Morgan fingerprint density at radius 3 is 2.63 bits per heavy atom. The summed E-state index contributed by atoms with van der Waals surface area (Å²) in [6, 6.07) is 7.08. The number of carbonyl (C=O) groups excluding carboxylic acids is 2. The number of esters is 1. The molecule has 1 atom stereocenters. The van der Waals surface area contributed by atoms with Crippen LogP contribution in [0.1, 0.15) is 22.8 Å². The van der Waals surface area contributed by atoms with E-state index in [4.69, 9.17) is 10.1 Å². The summed E-state index contributed by atoms with van der Waals surface area (Å²) in [4.78, 5) is 22.9. The van der Waals surface area contributed by atoms with E-state index in [9.17, 15) is 9.59 Å². The van der Waals surface area contributed by atoms with Crippen molar-refractivity contribution >= 4 is 31.6 Å². The van der Waals surface area contributed by atoms with Gasteiger partial charge in [-0.2, -0.15) is 0 Å². The number of hydrogen-bond acceptors (Lipinski definition) is 4. The van der Waals surface area contributed by atoms with E-state index in [0.29, 0.717) is 23.3 Å². The van der Waals surface area contributed by atoms with Crippen LogP contribution in [0.3, 0.4) is 0 Å². The molecule has 0 aromatic heterocycles. The third kappa shape index (κ3) is 3.43. The predicted octanol–water partition coefficient (Wildman–Crippen LogP) is 0.963. The second-order valence-electron chi connectivity index (χ2n) is 4.05. The first-order valence-corrected chi connectivity index (χ1v) is 7.77. The van der Waals surface area contributed by atoms with Crippen molar-refractivity contribution in [3.63, 3.8) is 0 Å². The van der Waals surface area contributed by atoms with E-state index < -0.39 is 0 Å². The fourth-order valence-corrected chi connectivity index (χ4v) is 3.62. The molecule has 0 saturated carbocycles. The maximum atomic E-state index is 11.5. The van der Waals surface area contributed by atoms with Gasteiger partial charge in [-0.1, -0.05) is 0 Å². The summed E-state index contributed by atoms with van der Waals surface area (Å²) in [7, 11) is 0. The second-order valence-corrected chi connectivity index (χ2v) is 6.59. The van der Waals surface area contributed by atoms with Crippen LogP contribution in [0, 0.1) is 5.41 Å². The molecule has 0 aliphatic carbocycles. The zero-order valence-corrected chi connectivity index (χ0v) is 12.1. The SMILES string of the molecule is CCOC(=O)c1ccc(CC2[Se]C(=N)NC2=O)cc1. The molecule has 1 amide bonds. The van der Waals surface area contributed by atoms with Crippen LogP contribution in [0.5, 0.6) is 0 Å². The van der Waals surface area contributed by atoms with Crippen molar-refractivity contribution in [2.24, 2.45) is 0 Å². The van der Waals surface area contributed by atoms with Gasteiger partial charge in [-0.3, -0.25) is 0 Å². The van der Waals surface area contributed by atoms with Crippen molar-refractivity contribution in [3.8, 4) is 0 Å². The molecule has 1 saturated heterocycles. The number of nitrogens with one attached hydrogen (secondary N) is 2. The van der Waals surface area contributed by atoms with Crippen LogP contribution in [0.2, 0.25) is 4.82 Å². The Morgan fingerprint density at radius 1 is 1.42 bits per heavy atom. The quantitative estimate of drug-likeness (QED) is 0.639. The van der Waals surface area contributed by atoms with Gasteiger partial charge >= 0.3 is 117 Å². The average molecular weight is 325 g/mol. The van der Waals surface area contributed by atoms with Gasteiger partial charge in [0.2, 0.25) is 0 Å². The van der Waals surface area contributed by atoms with Gasteiger partial charge in [-0.25, -0.2) is 0 Å². The summed E-state index contributed by atoms with van der Waals surface area (Å²) in [6.07, 6.45) is 0.608. The van der Waals surface area contributed by atoms with Gasteiger partial charge in [0.15, 0.2) is 0 Å². The summed E-state index contributed by atoms with van der Waals surface area (Å²) in [5.41, 5.74) is 1.50. The minimum absolute atomic E-state index is 0.0699. The molecule has 1 unspecified atom stereocenters. The molecule has 0 radical (unpaired) electrons. The summed E-state index contributed by atoms with van der Waals surface area (Å²) >= 11 is -0.114. The Hall–Kier alpha value is -1.65. The number of carbonyl (C=O) groups is 2. The van der Waals surface area contributed by atoms with Crippen LogP contribution in [0.25, 0.3) is 0 Å². The van der Waals surface area contributed by atoms with Crippen molar-refractivity contribution in [2.45, 2.75) is 18.2 Å². The number of benzene rings is 1. The van der Waals surface area contributed by atoms with E-state index in [1.54, 1.807) is 19.1 Å².